The molecule has 1 aromatic rings. The van der Waals surface area contributed by atoms with Crippen LogP contribution in [-0.4, -0.2) is 14.7 Å². The van der Waals surface area contributed by atoms with Crippen LogP contribution in [0.15, 0.2) is 23.1 Å². The molecule has 1 rings (SSSR count). The Hall–Kier alpha value is -0.900. The van der Waals surface area contributed by atoms with Crippen LogP contribution in [0.2, 0.25) is 0 Å². The second-order valence-electron chi connectivity index (χ2n) is 3.59. The summed E-state index contributed by atoms with van der Waals surface area (Å²) < 4.78 is 36.0. The van der Waals surface area contributed by atoms with Crippen LogP contribution in [0.3, 0.4) is 0 Å². The number of sulfone groups is 1. The molecule has 0 aromatic heterocycles. The van der Waals surface area contributed by atoms with Gasteiger partial charge in [0.1, 0.15) is 10.7 Å². The fourth-order valence-corrected chi connectivity index (χ4v) is 2.03. The SMILES string of the molecule is CC(C)c1cccc(S(C)(=O)=O)c1F. The molecule has 0 heterocycles. The van der Waals surface area contributed by atoms with Gasteiger partial charge in [-0.15, -0.1) is 0 Å². The van der Waals surface area contributed by atoms with Crippen molar-refractivity contribution in [1.82, 2.24) is 0 Å². The van der Waals surface area contributed by atoms with Gasteiger partial charge in [-0.2, -0.15) is 0 Å². The maximum Gasteiger partial charge on any atom is 0.178 e. The molecule has 14 heavy (non-hydrogen) atoms. The Balaban J connectivity index is 3.43. The fraction of sp³-hybridized carbons (Fsp3) is 0.400. The van der Waals surface area contributed by atoms with E-state index in [-0.39, 0.29) is 10.8 Å². The summed E-state index contributed by atoms with van der Waals surface area (Å²) in [5.41, 5.74) is 0.438. The molecule has 0 unspecified atom stereocenters. The largest absolute Gasteiger partial charge is 0.224 e. The molecule has 0 N–H and O–H groups in total. The lowest BCUT2D eigenvalue weighted by molar-refractivity contribution is 0.554. The zero-order valence-corrected chi connectivity index (χ0v) is 9.23. The van der Waals surface area contributed by atoms with Crippen LogP contribution in [0.5, 0.6) is 0 Å². The predicted molar refractivity (Wildman–Crippen MR) is 53.6 cm³/mol. The van der Waals surface area contributed by atoms with E-state index in [0.717, 1.165) is 6.26 Å². The first-order valence-corrected chi connectivity index (χ1v) is 6.21. The Morgan fingerprint density at radius 2 is 1.86 bits per heavy atom. The van der Waals surface area contributed by atoms with Gasteiger partial charge in [0.25, 0.3) is 0 Å². The van der Waals surface area contributed by atoms with Crippen molar-refractivity contribution in [3.05, 3.63) is 29.6 Å². The van der Waals surface area contributed by atoms with Crippen LogP contribution in [0.25, 0.3) is 0 Å². The zero-order valence-electron chi connectivity index (χ0n) is 8.41. The van der Waals surface area contributed by atoms with Crippen molar-refractivity contribution in [2.45, 2.75) is 24.7 Å². The second-order valence-corrected chi connectivity index (χ2v) is 5.57. The molecular formula is C10H13FO2S. The van der Waals surface area contributed by atoms with Crippen molar-refractivity contribution in [2.75, 3.05) is 6.26 Å². The molecule has 4 heteroatoms. The van der Waals surface area contributed by atoms with Crippen LogP contribution >= 0.6 is 0 Å². The van der Waals surface area contributed by atoms with Gasteiger partial charge in [0, 0.05) is 6.26 Å². The minimum atomic E-state index is -3.46. The van der Waals surface area contributed by atoms with Gasteiger partial charge in [0.05, 0.1) is 0 Å². The van der Waals surface area contributed by atoms with Gasteiger partial charge in [0.2, 0.25) is 0 Å². The minimum Gasteiger partial charge on any atom is -0.224 e. The number of benzene rings is 1. The molecule has 0 saturated heterocycles. The molecule has 0 aliphatic rings. The van der Waals surface area contributed by atoms with Gasteiger partial charge in [-0.05, 0) is 17.5 Å². The van der Waals surface area contributed by atoms with Gasteiger partial charge < -0.3 is 0 Å². The van der Waals surface area contributed by atoms with Gasteiger partial charge in [-0.25, -0.2) is 12.8 Å². The van der Waals surface area contributed by atoms with Gasteiger partial charge in [-0.3, -0.25) is 0 Å². The van der Waals surface area contributed by atoms with E-state index < -0.39 is 15.7 Å². The molecule has 2 nitrogen and oxygen atoms in total. The molecule has 1 aromatic carbocycles. The topological polar surface area (TPSA) is 34.1 Å². The lowest BCUT2D eigenvalue weighted by Crippen LogP contribution is -2.04. The van der Waals surface area contributed by atoms with Crippen molar-refractivity contribution in [3.8, 4) is 0 Å². The number of hydrogen-bond acceptors (Lipinski definition) is 2. The summed E-state index contributed by atoms with van der Waals surface area (Å²) in [5.74, 6) is -0.637. The molecule has 0 saturated carbocycles. The highest BCUT2D eigenvalue weighted by molar-refractivity contribution is 7.90. The summed E-state index contributed by atoms with van der Waals surface area (Å²) in [7, 11) is -3.46. The van der Waals surface area contributed by atoms with E-state index in [9.17, 15) is 12.8 Å². The van der Waals surface area contributed by atoms with Crippen molar-refractivity contribution in [3.63, 3.8) is 0 Å². The highest BCUT2D eigenvalue weighted by atomic mass is 32.2. The quantitative estimate of drug-likeness (QED) is 0.760. The molecule has 0 bridgehead atoms. The Morgan fingerprint density at radius 1 is 1.29 bits per heavy atom. The van der Waals surface area contributed by atoms with Gasteiger partial charge >= 0.3 is 0 Å². The molecule has 0 aliphatic carbocycles. The summed E-state index contributed by atoms with van der Waals surface area (Å²) in [6, 6.07) is 4.46. The zero-order chi connectivity index (χ0) is 10.9. The van der Waals surface area contributed by atoms with E-state index in [1.165, 1.54) is 6.07 Å². The maximum absolute atomic E-state index is 13.6. The third-order valence-electron chi connectivity index (χ3n) is 2.01. The summed E-state index contributed by atoms with van der Waals surface area (Å²) in [5, 5.41) is 0. The van der Waals surface area contributed by atoms with Crippen LogP contribution in [0.4, 0.5) is 4.39 Å². The Kier molecular flexibility index (Phi) is 2.95. The first-order valence-electron chi connectivity index (χ1n) is 4.32. The molecular weight excluding hydrogens is 203 g/mol. The second kappa shape index (κ2) is 3.69. The summed E-state index contributed by atoms with van der Waals surface area (Å²) in [6.45, 7) is 3.65. The Morgan fingerprint density at radius 3 is 2.29 bits per heavy atom. The lowest BCUT2D eigenvalue weighted by Gasteiger charge is -2.09. The minimum absolute atomic E-state index is 0.0169. The smallest absolute Gasteiger partial charge is 0.178 e. The normalized spacial score (nSPS) is 12.1. The molecule has 0 atom stereocenters. The number of halogens is 1. The monoisotopic (exact) mass is 216 g/mol. The molecule has 0 aliphatic heterocycles. The third-order valence-corrected chi connectivity index (χ3v) is 3.13. The Bertz CT molecular complexity index is 435. The summed E-state index contributed by atoms with van der Waals surface area (Å²) in [6.07, 6.45) is 1.01. The molecule has 78 valence electrons. The van der Waals surface area contributed by atoms with Gasteiger partial charge in [-0.1, -0.05) is 26.0 Å². The lowest BCUT2D eigenvalue weighted by atomic mass is 10.0. The van der Waals surface area contributed by atoms with Crippen LogP contribution in [-0.2, 0) is 9.84 Å². The standard InChI is InChI=1S/C10H13FO2S/c1-7(2)8-5-4-6-9(10(8)11)14(3,12)13/h4-7H,1-3H3. The van der Waals surface area contributed by atoms with Crippen LogP contribution in [0.1, 0.15) is 25.3 Å². The average molecular weight is 216 g/mol. The molecule has 0 radical (unpaired) electrons. The van der Waals surface area contributed by atoms with Crippen LogP contribution in [0, 0.1) is 5.82 Å². The van der Waals surface area contributed by atoms with Gasteiger partial charge in [0.15, 0.2) is 9.84 Å². The first kappa shape index (κ1) is 11.2. The Labute approximate surface area is 83.7 Å². The first-order chi connectivity index (χ1) is 6.34. The third kappa shape index (κ3) is 2.12. The fourth-order valence-electron chi connectivity index (χ4n) is 1.26. The predicted octanol–water partition coefficient (Wildman–Crippen LogP) is 2.35. The van der Waals surface area contributed by atoms with E-state index in [4.69, 9.17) is 0 Å². The highest BCUT2D eigenvalue weighted by Crippen LogP contribution is 2.23. The van der Waals surface area contributed by atoms with E-state index >= 15 is 0 Å². The van der Waals surface area contributed by atoms with E-state index in [0.29, 0.717) is 5.56 Å². The molecule has 0 fully saturated rings. The number of rotatable bonds is 2. The van der Waals surface area contributed by atoms with E-state index in [1.807, 2.05) is 13.8 Å². The highest BCUT2D eigenvalue weighted by Gasteiger charge is 2.17. The summed E-state index contributed by atoms with van der Waals surface area (Å²) in [4.78, 5) is -0.219. The average Bonchev–Trinajstić information content (AvgIpc) is 2.01. The van der Waals surface area contributed by atoms with Crippen molar-refractivity contribution in [2.24, 2.45) is 0 Å². The van der Waals surface area contributed by atoms with Crippen molar-refractivity contribution >= 4 is 9.84 Å². The van der Waals surface area contributed by atoms with E-state index in [2.05, 4.69) is 0 Å². The number of hydrogen-bond donors (Lipinski definition) is 0. The summed E-state index contributed by atoms with van der Waals surface area (Å²) >= 11 is 0. The van der Waals surface area contributed by atoms with Crippen molar-refractivity contribution in [1.29, 1.82) is 0 Å². The van der Waals surface area contributed by atoms with Crippen molar-refractivity contribution < 1.29 is 12.8 Å². The van der Waals surface area contributed by atoms with E-state index in [1.54, 1.807) is 12.1 Å². The molecule has 0 spiro atoms. The van der Waals surface area contributed by atoms with Crippen LogP contribution < -0.4 is 0 Å². The maximum atomic E-state index is 13.6. The molecule has 0 amide bonds.